The Labute approximate surface area is 146 Å². The Morgan fingerprint density at radius 2 is 2.04 bits per heavy atom. The topological polar surface area (TPSA) is 39.1 Å². The minimum atomic E-state index is -0.211. The third kappa shape index (κ3) is 3.53. The van der Waals surface area contributed by atoms with Crippen LogP contribution in [0.15, 0.2) is 42.5 Å². The molecule has 1 heterocycles. The van der Waals surface area contributed by atoms with Gasteiger partial charge in [-0.1, -0.05) is 23.7 Å². The normalized spacial score (nSPS) is 20.2. The molecular weight excluding hydrogens is 325 g/mol. The first-order valence-corrected chi connectivity index (χ1v) is 8.40. The van der Waals surface area contributed by atoms with Gasteiger partial charge in [0.1, 0.15) is 11.9 Å². The van der Waals surface area contributed by atoms with Crippen molar-refractivity contribution in [2.75, 3.05) is 11.4 Å². The van der Waals surface area contributed by atoms with Gasteiger partial charge in [-0.25, -0.2) is 4.39 Å². The Morgan fingerprint density at radius 3 is 2.71 bits per heavy atom. The molecule has 0 saturated carbocycles. The van der Waals surface area contributed by atoms with E-state index in [1.54, 1.807) is 18.2 Å². The standard InChI is InChI=1S/C19H19ClFN3/c1-13-19(23-12-14-2-5-16(21)6-3-14)8-9-24(13)17-7-4-15(11-22)18(20)10-17/h2-7,10,13,19,23H,8-9,12H2,1H3/t13-,19+/m0/s1. The summed E-state index contributed by atoms with van der Waals surface area (Å²) in [6, 6.07) is 14.9. The molecule has 1 N–H and O–H groups in total. The van der Waals surface area contributed by atoms with Gasteiger partial charge in [0.25, 0.3) is 0 Å². The number of halogens is 2. The Balaban J connectivity index is 1.64. The molecule has 5 heteroatoms. The summed E-state index contributed by atoms with van der Waals surface area (Å²) in [5.74, 6) is -0.211. The monoisotopic (exact) mass is 343 g/mol. The number of benzene rings is 2. The first-order valence-electron chi connectivity index (χ1n) is 8.02. The van der Waals surface area contributed by atoms with Crippen molar-refractivity contribution < 1.29 is 4.39 Å². The fourth-order valence-corrected chi connectivity index (χ4v) is 3.42. The fourth-order valence-electron chi connectivity index (χ4n) is 3.20. The quantitative estimate of drug-likeness (QED) is 0.908. The molecule has 0 aromatic heterocycles. The summed E-state index contributed by atoms with van der Waals surface area (Å²) in [7, 11) is 0. The second-order valence-corrected chi connectivity index (χ2v) is 6.52. The summed E-state index contributed by atoms with van der Waals surface area (Å²) in [5.41, 5.74) is 2.61. The molecule has 2 aromatic rings. The SMILES string of the molecule is C[C@H]1[C@H](NCc2ccc(F)cc2)CCN1c1ccc(C#N)c(Cl)c1. The minimum absolute atomic E-state index is 0.211. The molecule has 1 saturated heterocycles. The van der Waals surface area contributed by atoms with Crippen LogP contribution in [0.25, 0.3) is 0 Å². The van der Waals surface area contributed by atoms with E-state index in [9.17, 15) is 4.39 Å². The van der Waals surface area contributed by atoms with Crippen molar-refractivity contribution >= 4 is 17.3 Å². The Bertz CT molecular complexity index is 754. The molecule has 1 fully saturated rings. The average molecular weight is 344 g/mol. The van der Waals surface area contributed by atoms with Crippen LogP contribution >= 0.6 is 11.6 Å². The van der Waals surface area contributed by atoms with Crippen molar-refractivity contribution in [1.29, 1.82) is 5.26 Å². The van der Waals surface area contributed by atoms with Crippen molar-refractivity contribution in [2.24, 2.45) is 0 Å². The van der Waals surface area contributed by atoms with Crippen molar-refractivity contribution in [1.82, 2.24) is 5.32 Å². The van der Waals surface area contributed by atoms with Gasteiger partial charge in [0.05, 0.1) is 10.6 Å². The number of nitrogens with zero attached hydrogens (tertiary/aromatic N) is 2. The maximum atomic E-state index is 13.0. The summed E-state index contributed by atoms with van der Waals surface area (Å²) < 4.78 is 13.0. The smallest absolute Gasteiger partial charge is 0.123 e. The molecule has 124 valence electrons. The van der Waals surface area contributed by atoms with E-state index in [1.165, 1.54) is 12.1 Å². The van der Waals surface area contributed by atoms with E-state index in [0.717, 1.165) is 30.8 Å². The van der Waals surface area contributed by atoms with Crippen LogP contribution in [-0.2, 0) is 6.54 Å². The second kappa shape index (κ2) is 7.21. The van der Waals surface area contributed by atoms with Crippen LogP contribution in [0.4, 0.5) is 10.1 Å². The van der Waals surface area contributed by atoms with E-state index >= 15 is 0 Å². The number of anilines is 1. The van der Waals surface area contributed by atoms with Gasteiger partial charge in [-0.15, -0.1) is 0 Å². The zero-order valence-corrected chi connectivity index (χ0v) is 14.2. The lowest BCUT2D eigenvalue weighted by atomic mass is 10.1. The molecule has 3 nitrogen and oxygen atoms in total. The predicted molar refractivity (Wildman–Crippen MR) is 94.6 cm³/mol. The van der Waals surface area contributed by atoms with Crippen LogP contribution in [0.3, 0.4) is 0 Å². The number of hydrogen-bond donors (Lipinski definition) is 1. The van der Waals surface area contributed by atoms with Crippen molar-refractivity contribution in [3.63, 3.8) is 0 Å². The molecule has 24 heavy (non-hydrogen) atoms. The Hall–Kier alpha value is -2.09. The highest BCUT2D eigenvalue weighted by molar-refractivity contribution is 6.32. The molecule has 0 radical (unpaired) electrons. The lowest BCUT2D eigenvalue weighted by Crippen LogP contribution is -2.40. The summed E-state index contributed by atoms with van der Waals surface area (Å²) in [4.78, 5) is 2.30. The molecule has 2 atom stereocenters. The third-order valence-corrected chi connectivity index (χ3v) is 4.95. The Morgan fingerprint density at radius 1 is 1.29 bits per heavy atom. The first kappa shape index (κ1) is 16.8. The summed E-state index contributed by atoms with van der Waals surface area (Å²) in [6.45, 7) is 3.84. The number of nitrogens with one attached hydrogen (secondary N) is 1. The largest absolute Gasteiger partial charge is 0.367 e. The molecular formula is C19H19ClFN3. The van der Waals surface area contributed by atoms with Gasteiger partial charge in [-0.3, -0.25) is 0 Å². The molecule has 0 spiro atoms. The fraction of sp³-hybridized carbons (Fsp3) is 0.316. The molecule has 3 rings (SSSR count). The maximum absolute atomic E-state index is 13.0. The maximum Gasteiger partial charge on any atom is 0.123 e. The van der Waals surface area contributed by atoms with Crippen LogP contribution in [-0.4, -0.2) is 18.6 Å². The van der Waals surface area contributed by atoms with Crippen LogP contribution < -0.4 is 10.2 Å². The van der Waals surface area contributed by atoms with Gasteiger partial charge in [-0.2, -0.15) is 5.26 Å². The molecule has 1 aliphatic heterocycles. The number of rotatable bonds is 4. The van der Waals surface area contributed by atoms with Crippen LogP contribution in [0.5, 0.6) is 0 Å². The van der Waals surface area contributed by atoms with Gasteiger partial charge in [0, 0.05) is 30.9 Å². The molecule has 0 bridgehead atoms. The highest BCUT2D eigenvalue weighted by atomic mass is 35.5. The van der Waals surface area contributed by atoms with Crippen molar-refractivity contribution in [3.8, 4) is 6.07 Å². The minimum Gasteiger partial charge on any atom is -0.367 e. The summed E-state index contributed by atoms with van der Waals surface area (Å²) >= 11 is 6.15. The van der Waals surface area contributed by atoms with E-state index in [0.29, 0.717) is 22.7 Å². The van der Waals surface area contributed by atoms with Gasteiger partial charge in [0.15, 0.2) is 0 Å². The van der Waals surface area contributed by atoms with Crippen molar-refractivity contribution in [3.05, 3.63) is 64.4 Å². The van der Waals surface area contributed by atoms with E-state index in [1.807, 2.05) is 12.1 Å². The van der Waals surface area contributed by atoms with E-state index < -0.39 is 0 Å². The second-order valence-electron chi connectivity index (χ2n) is 6.11. The van der Waals surface area contributed by atoms with Crippen LogP contribution in [0.1, 0.15) is 24.5 Å². The highest BCUT2D eigenvalue weighted by Crippen LogP contribution is 2.29. The van der Waals surface area contributed by atoms with Crippen molar-refractivity contribution in [2.45, 2.75) is 32.0 Å². The van der Waals surface area contributed by atoms with Gasteiger partial charge >= 0.3 is 0 Å². The van der Waals surface area contributed by atoms with Gasteiger partial charge < -0.3 is 10.2 Å². The summed E-state index contributed by atoms with van der Waals surface area (Å²) in [6.07, 6.45) is 1.03. The molecule has 2 aromatic carbocycles. The van der Waals surface area contributed by atoms with E-state index in [2.05, 4.69) is 23.2 Å². The predicted octanol–water partition coefficient (Wildman–Crippen LogP) is 4.11. The summed E-state index contributed by atoms with van der Waals surface area (Å²) in [5, 5.41) is 13.0. The van der Waals surface area contributed by atoms with Gasteiger partial charge in [0.2, 0.25) is 0 Å². The average Bonchev–Trinajstić information content (AvgIpc) is 2.95. The number of nitriles is 1. The molecule has 1 aliphatic rings. The molecule has 0 amide bonds. The Kier molecular flexibility index (Phi) is 5.03. The van der Waals surface area contributed by atoms with Crippen LogP contribution in [0.2, 0.25) is 5.02 Å². The highest BCUT2D eigenvalue weighted by Gasteiger charge is 2.30. The van der Waals surface area contributed by atoms with Crippen LogP contribution in [0, 0.1) is 17.1 Å². The first-order chi connectivity index (χ1) is 11.6. The molecule has 0 unspecified atom stereocenters. The van der Waals surface area contributed by atoms with Gasteiger partial charge in [-0.05, 0) is 49.2 Å². The van der Waals surface area contributed by atoms with E-state index in [-0.39, 0.29) is 5.82 Å². The third-order valence-electron chi connectivity index (χ3n) is 4.64. The zero-order valence-electron chi connectivity index (χ0n) is 13.5. The van der Waals surface area contributed by atoms with E-state index in [4.69, 9.17) is 16.9 Å². The molecule has 0 aliphatic carbocycles. The lowest BCUT2D eigenvalue weighted by Gasteiger charge is -2.27. The lowest BCUT2D eigenvalue weighted by molar-refractivity contribution is 0.487. The zero-order chi connectivity index (χ0) is 17.1. The number of hydrogen-bond acceptors (Lipinski definition) is 3.